The lowest BCUT2D eigenvalue weighted by molar-refractivity contribution is -0.187. The van der Waals surface area contributed by atoms with E-state index in [2.05, 4.69) is 13.8 Å². The molecule has 5 nitrogen and oxygen atoms in total. The highest BCUT2D eigenvalue weighted by Crippen LogP contribution is 2.60. The molecule has 0 saturated heterocycles. The lowest BCUT2D eigenvalue weighted by Crippen LogP contribution is -2.53. The fourth-order valence-electron chi connectivity index (χ4n) is 4.73. The van der Waals surface area contributed by atoms with Crippen LogP contribution < -0.4 is 0 Å². The molecule has 0 aromatic carbocycles. The molecular formula is C19H26O5. The Bertz CT molecular complexity index is 661. The third-order valence-electron chi connectivity index (χ3n) is 6.13. The summed E-state index contributed by atoms with van der Waals surface area (Å²) >= 11 is 0. The molecular weight excluding hydrogens is 308 g/mol. The number of fused-ring (bicyclic) bond motifs is 2. The van der Waals surface area contributed by atoms with Crippen LogP contribution in [0.15, 0.2) is 10.7 Å². The molecule has 0 bridgehead atoms. The number of esters is 2. The van der Waals surface area contributed by atoms with Crippen molar-refractivity contribution in [3.05, 3.63) is 23.2 Å². The standard InChI is InChI=1S/C19H26O5/c1-10-9-22-16-8-14-15(23-12(3)20)7-6-11(2)19(14,5)18(17(10)16)24-13(4)21/h9,11,14-15,18H,6-8H2,1-5H3. The van der Waals surface area contributed by atoms with E-state index in [-0.39, 0.29) is 35.5 Å². The first-order valence-electron chi connectivity index (χ1n) is 8.66. The largest absolute Gasteiger partial charge is 0.469 e. The fraction of sp³-hybridized carbons (Fsp3) is 0.684. The number of furan rings is 1. The summed E-state index contributed by atoms with van der Waals surface area (Å²) < 4.78 is 17.2. The van der Waals surface area contributed by atoms with Gasteiger partial charge in [0.15, 0.2) is 0 Å². The maximum atomic E-state index is 11.8. The quantitative estimate of drug-likeness (QED) is 0.771. The second kappa shape index (κ2) is 5.94. The smallest absolute Gasteiger partial charge is 0.303 e. The van der Waals surface area contributed by atoms with Crippen LogP contribution in [0.3, 0.4) is 0 Å². The number of hydrogen-bond acceptors (Lipinski definition) is 5. The number of ether oxygens (including phenoxy) is 2. The summed E-state index contributed by atoms with van der Waals surface area (Å²) in [5.41, 5.74) is 1.73. The summed E-state index contributed by atoms with van der Waals surface area (Å²) in [6.07, 6.45) is 3.68. The molecule has 0 radical (unpaired) electrons. The highest BCUT2D eigenvalue weighted by Gasteiger charge is 2.58. The van der Waals surface area contributed by atoms with Gasteiger partial charge in [-0.05, 0) is 31.2 Å². The summed E-state index contributed by atoms with van der Waals surface area (Å²) in [5, 5.41) is 0. The van der Waals surface area contributed by atoms with Gasteiger partial charge in [-0.1, -0.05) is 13.8 Å². The molecule has 2 aliphatic carbocycles. The van der Waals surface area contributed by atoms with Crippen LogP contribution in [0.2, 0.25) is 0 Å². The highest BCUT2D eigenvalue weighted by molar-refractivity contribution is 5.67. The minimum absolute atomic E-state index is 0.0764. The highest BCUT2D eigenvalue weighted by atomic mass is 16.6. The SMILES string of the molecule is CC(=O)OC1CCC(C)C2(C)C(OC(C)=O)c3c(C)coc3CC12. The van der Waals surface area contributed by atoms with Crippen LogP contribution in [0.5, 0.6) is 0 Å². The van der Waals surface area contributed by atoms with Crippen LogP contribution in [0.1, 0.15) is 63.5 Å². The van der Waals surface area contributed by atoms with Crippen molar-refractivity contribution in [2.45, 2.75) is 66.1 Å². The number of rotatable bonds is 2. The van der Waals surface area contributed by atoms with Gasteiger partial charge in [0.2, 0.25) is 0 Å². The lowest BCUT2D eigenvalue weighted by Gasteiger charge is -2.54. The van der Waals surface area contributed by atoms with Crippen molar-refractivity contribution in [1.29, 1.82) is 0 Å². The van der Waals surface area contributed by atoms with Crippen molar-refractivity contribution in [1.82, 2.24) is 0 Å². The predicted molar refractivity (Wildman–Crippen MR) is 87.2 cm³/mol. The average Bonchev–Trinajstić information content (AvgIpc) is 2.85. The zero-order valence-electron chi connectivity index (χ0n) is 15.0. The number of aryl methyl sites for hydroxylation is 1. The molecule has 5 heteroatoms. The van der Waals surface area contributed by atoms with Crippen LogP contribution in [-0.4, -0.2) is 18.0 Å². The first-order valence-corrected chi connectivity index (χ1v) is 8.66. The van der Waals surface area contributed by atoms with E-state index in [4.69, 9.17) is 13.9 Å². The Balaban J connectivity index is 2.10. The summed E-state index contributed by atoms with van der Waals surface area (Å²) in [6.45, 7) is 9.25. The van der Waals surface area contributed by atoms with E-state index in [1.807, 2.05) is 6.92 Å². The second-order valence-electron chi connectivity index (χ2n) is 7.55. The predicted octanol–water partition coefficient (Wildman–Crippen LogP) is 3.73. The molecule has 132 valence electrons. The molecule has 24 heavy (non-hydrogen) atoms. The van der Waals surface area contributed by atoms with Gasteiger partial charge in [-0.15, -0.1) is 0 Å². The Hall–Kier alpha value is -1.78. The summed E-state index contributed by atoms with van der Waals surface area (Å²) in [4.78, 5) is 23.3. The van der Waals surface area contributed by atoms with Crippen LogP contribution in [0.25, 0.3) is 0 Å². The van der Waals surface area contributed by atoms with Crippen LogP contribution in [0, 0.1) is 24.2 Å². The zero-order chi connectivity index (χ0) is 17.6. The molecule has 1 fully saturated rings. The van der Waals surface area contributed by atoms with Crippen molar-refractivity contribution in [3.8, 4) is 0 Å². The molecule has 0 aliphatic heterocycles. The molecule has 2 aliphatic rings. The molecule has 1 heterocycles. The van der Waals surface area contributed by atoms with Gasteiger partial charge >= 0.3 is 11.9 Å². The van der Waals surface area contributed by atoms with Crippen LogP contribution >= 0.6 is 0 Å². The Morgan fingerprint density at radius 2 is 1.88 bits per heavy atom. The van der Waals surface area contributed by atoms with E-state index in [9.17, 15) is 9.59 Å². The number of carbonyl (C=O) groups excluding carboxylic acids is 2. The number of carbonyl (C=O) groups is 2. The Kier molecular flexibility index (Phi) is 4.22. The Labute approximate surface area is 142 Å². The molecule has 1 saturated carbocycles. The van der Waals surface area contributed by atoms with Gasteiger partial charge in [0.05, 0.1) is 6.26 Å². The minimum Gasteiger partial charge on any atom is -0.469 e. The zero-order valence-corrected chi connectivity index (χ0v) is 15.0. The van der Waals surface area contributed by atoms with Gasteiger partial charge in [-0.25, -0.2) is 0 Å². The molecule has 0 spiro atoms. The normalized spacial score (nSPS) is 34.9. The maximum Gasteiger partial charge on any atom is 0.303 e. The van der Waals surface area contributed by atoms with Gasteiger partial charge in [-0.3, -0.25) is 9.59 Å². The second-order valence-corrected chi connectivity index (χ2v) is 7.55. The van der Waals surface area contributed by atoms with Crippen molar-refractivity contribution in [3.63, 3.8) is 0 Å². The van der Waals surface area contributed by atoms with Gasteiger partial charge < -0.3 is 13.9 Å². The van der Waals surface area contributed by atoms with E-state index in [1.54, 1.807) is 6.26 Å². The maximum absolute atomic E-state index is 11.8. The van der Waals surface area contributed by atoms with Crippen molar-refractivity contribution >= 4 is 11.9 Å². The molecule has 3 rings (SSSR count). The van der Waals surface area contributed by atoms with E-state index >= 15 is 0 Å². The van der Waals surface area contributed by atoms with Crippen molar-refractivity contribution < 1.29 is 23.5 Å². The third-order valence-corrected chi connectivity index (χ3v) is 6.13. The fourth-order valence-corrected chi connectivity index (χ4v) is 4.73. The Morgan fingerprint density at radius 1 is 1.21 bits per heavy atom. The Morgan fingerprint density at radius 3 is 2.50 bits per heavy atom. The molecule has 1 aromatic heterocycles. The van der Waals surface area contributed by atoms with Gasteiger partial charge in [0.25, 0.3) is 0 Å². The first kappa shape index (κ1) is 17.1. The average molecular weight is 334 g/mol. The molecule has 0 amide bonds. The molecule has 1 aromatic rings. The van der Waals surface area contributed by atoms with Crippen molar-refractivity contribution in [2.24, 2.45) is 17.3 Å². The van der Waals surface area contributed by atoms with Crippen LogP contribution in [-0.2, 0) is 25.5 Å². The third kappa shape index (κ3) is 2.54. The van der Waals surface area contributed by atoms with E-state index in [0.717, 1.165) is 29.7 Å². The summed E-state index contributed by atoms with van der Waals surface area (Å²) in [7, 11) is 0. The molecule has 5 unspecified atom stereocenters. The molecule has 0 N–H and O–H groups in total. The molecule has 5 atom stereocenters. The van der Waals surface area contributed by atoms with Crippen LogP contribution in [0.4, 0.5) is 0 Å². The van der Waals surface area contributed by atoms with E-state index in [0.29, 0.717) is 12.3 Å². The topological polar surface area (TPSA) is 65.7 Å². The monoisotopic (exact) mass is 334 g/mol. The van der Waals surface area contributed by atoms with Crippen molar-refractivity contribution in [2.75, 3.05) is 0 Å². The summed E-state index contributed by atoms with van der Waals surface area (Å²) in [6, 6.07) is 0. The lowest BCUT2D eigenvalue weighted by atomic mass is 9.53. The minimum atomic E-state index is -0.365. The van der Waals surface area contributed by atoms with Gasteiger partial charge in [-0.2, -0.15) is 0 Å². The van der Waals surface area contributed by atoms with E-state index in [1.165, 1.54) is 13.8 Å². The summed E-state index contributed by atoms with van der Waals surface area (Å²) in [5.74, 6) is 0.721. The first-order chi connectivity index (χ1) is 11.2. The van der Waals surface area contributed by atoms with Gasteiger partial charge in [0.1, 0.15) is 18.0 Å². The van der Waals surface area contributed by atoms with Gasteiger partial charge in [0, 0.05) is 37.2 Å². The number of hydrogen-bond donors (Lipinski definition) is 0. The van der Waals surface area contributed by atoms with E-state index < -0.39 is 0 Å².